The van der Waals surface area contributed by atoms with E-state index in [-0.39, 0.29) is 24.7 Å². The summed E-state index contributed by atoms with van der Waals surface area (Å²) >= 11 is 0. The van der Waals surface area contributed by atoms with Gasteiger partial charge < -0.3 is 13.8 Å². The number of imidazole rings is 1. The van der Waals surface area contributed by atoms with Gasteiger partial charge in [0.2, 0.25) is 0 Å². The highest BCUT2D eigenvalue weighted by Crippen LogP contribution is 2.34. The van der Waals surface area contributed by atoms with Crippen molar-refractivity contribution in [3.8, 4) is 28.2 Å². The Kier molecular flexibility index (Phi) is 6.38. The van der Waals surface area contributed by atoms with Crippen LogP contribution in [0.5, 0.6) is 0 Å². The van der Waals surface area contributed by atoms with E-state index in [1.807, 2.05) is 48.0 Å². The van der Waals surface area contributed by atoms with Crippen LogP contribution in [0.3, 0.4) is 0 Å². The number of nitro benzene ring substituents is 1. The summed E-state index contributed by atoms with van der Waals surface area (Å²) in [6.07, 6.45) is 1.83. The monoisotopic (exact) mass is 484 g/mol. The molecule has 8 nitrogen and oxygen atoms in total. The Labute approximate surface area is 205 Å². The maximum Gasteiger partial charge on any atom is 0.269 e. The first kappa shape index (κ1) is 23.1. The maximum atomic E-state index is 13.5. The van der Waals surface area contributed by atoms with E-state index in [1.54, 1.807) is 24.3 Å². The quantitative estimate of drug-likeness (QED) is 0.190. The van der Waals surface area contributed by atoms with Crippen LogP contribution in [0, 0.1) is 22.9 Å². The molecule has 0 N–H and O–H groups in total. The highest BCUT2D eigenvalue weighted by Gasteiger charge is 2.21. The molecule has 0 saturated carbocycles. The van der Waals surface area contributed by atoms with Gasteiger partial charge in [-0.2, -0.15) is 0 Å². The van der Waals surface area contributed by atoms with Crippen LogP contribution in [0.4, 0.5) is 10.1 Å². The number of hydrogen-bond acceptors (Lipinski definition) is 6. The fourth-order valence-corrected chi connectivity index (χ4v) is 3.95. The number of nitro groups is 1. The van der Waals surface area contributed by atoms with Crippen LogP contribution in [-0.4, -0.2) is 19.6 Å². The number of benzene rings is 3. The van der Waals surface area contributed by atoms with Crippen LogP contribution in [0.2, 0.25) is 0 Å². The van der Waals surface area contributed by atoms with Crippen LogP contribution >= 0.6 is 0 Å². The Morgan fingerprint density at radius 3 is 2.53 bits per heavy atom. The number of aromatic nitrogens is 3. The van der Waals surface area contributed by atoms with Gasteiger partial charge in [-0.15, -0.1) is 0 Å². The molecular weight excluding hydrogens is 463 g/mol. The molecule has 0 aliphatic carbocycles. The van der Waals surface area contributed by atoms with E-state index >= 15 is 0 Å². The summed E-state index contributed by atoms with van der Waals surface area (Å²) in [6, 6.07) is 22.0. The summed E-state index contributed by atoms with van der Waals surface area (Å²) in [5.41, 5.74) is 4.28. The van der Waals surface area contributed by atoms with E-state index in [0.29, 0.717) is 34.2 Å². The van der Waals surface area contributed by atoms with Crippen LogP contribution in [0.15, 0.2) is 89.6 Å². The number of ether oxygens (including phenoxy) is 1. The van der Waals surface area contributed by atoms with E-state index in [2.05, 4.69) is 5.16 Å². The standard InChI is InChI=1S/C27H21FN4O4/c1-18-26(27(30-36-18)20-7-3-2-4-8-20)24-15-31(22-10-12-23(13-11-22)32(33)34)25(29-24)17-35-16-19-6-5-9-21(28)14-19/h2-15H,16-17H2,1H3. The lowest BCUT2D eigenvalue weighted by atomic mass is 10.0. The average molecular weight is 484 g/mol. The van der Waals surface area contributed by atoms with Crippen molar-refractivity contribution >= 4 is 5.69 Å². The number of non-ortho nitro benzene ring substituents is 1. The minimum Gasteiger partial charge on any atom is -0.369 e. The van der Waals surface area contributed by atoms with Crippen LogP contribution < -0.4 is 0 Å². The number of aryl methyl sites for hydroxylation is 1. The SMILES string of the molecule is Cc1onc(-c2ccccc2)c1-c1cn(-c2ccc([N+](=O)[O-])cc2)c(COCc2cccc(F)c2)n1. The second kappa shape index (κ2) is 9.93. The van der Waals surface area contributed by atoms with Gasteiger partial charge >= 0.3 is 0 Å². The van der Waals surface area contributed by atoms with Gasteiger partial charge in [-0.3, -0.25) is 10.1 Å². The number of halogens is 1. The summed E-state index contributed by atoms with van der Waals surface area (Å²) in [4.78, 5) is 15.5. The Hall–Kier alpha value is -4.63. The molecule has 2 aromatic heterocycles. The molecular formula is C27H21FN4O4. The summed E-state index contributed by atoms with van der Waals surface area (Å²) in [7, 11) is 0. The van der Waals surface area contributed by atoms with Crippen LogP contribution in [0.25, 0.3) is 28.2 Å². The molecule has 0 unspecified atom stereocenters. The zero-order chi connectivity index (χ0) is 25.1. The highest BCUT2D eigenvalue weighted by atomic mass is 19.1. The predicted octanol–water partition coefficient (Wildman–Crippen LogP) is 6.27. The first-order chi connectivity index (χ1) is 17.5. The summed E-state index contributed by atoms with van der Waals surface area (Å²) in [5, 5.41) is 15.4. The van der Waals surface area contributed by atoms with E-state index in [4.69, 9.17) is 14.2 Å². The van der Waals surface area contributed by atoms with Gasteiger partial charge in [-0.25, -0.2) is 9.37 Å². The van der Waals surface area contributed by atoms with E-state index in [9.17, 15) is 14.5 Å². The fraction of sp³-hybridized carbons (Fsp3) is 0.111. The first-order valence-electron chi connectivity index (χ1n) is 11.2. The van der Waals surface area contributed by atoms with Gasteiger partial charge in [-0.05, 0) is 36.8 Å². The zero-order valence-corrected chi connectivity index (χ0v) is 19.3. The van der Waals surface area contributed by atoms with Crippen molar-refractivity contribution in [2.75, 3.05) is 0 Å². The highest BCUT2D eigenvalue weighted by molar-refractivity contribution is 5.80. The maximum absolute atomic E-state index is 13.5. The van der Waals surface area contributed by atoms with Crippen molar-refractivity contribution in [2.45, 2.75) is 20.1 Å². The Morgan fingerprint density at radius 2 is 1.81 bits per heavy atom. The first-order valence-corrected chi connectivity index (χ1v) is 11.2. The molecule has 5 rings (SSSR count). The molecule has 0 bridgehead atoms. The van der Waals surface area contributed by atoms with E-state index in [1.165, 1.54) is 24.3 Å². The largest absolute Gasteiger partial charge is 0.369 e. The summed E-state index contributed by atoms with van der Waals surface area (Å²) in [5.74, 6) is 0.839. The lowest BCUT2D eigenvalue weighted by Gasteiger charge is -2.08. The van der Waals surface area contributed by atoms with Gasteiger partial charge in [0.1, 0.15) is 29.7 Å². The second-order valence-electron chi connectivity index (χ2n) is 8.14. The third-order valence-electron chi connectivity index (χ3n) is 5.67. The van der Waals surface area contributed by atoms with Gasteiger partial charge in [0, 0.05) is 29.6 Å². The van der Waals surface area contributed by atoms with Crippen molar-refractivity contribution in [2.24, 2.45) is 0 Å². The van der Waals surface area contributed by atoms with Crippen molar-refractivity contribution in [1.29, 1.82) is 0 Å². The third-order valence-corrected chi connectivity index (χ3v) is 5.67. The fourth-order valence-electron chi connectivity index (χ4n) is 3.95. The van der Waals surface area contributed by atoms with E-state index in [0.717, 1.165) is 11.1 Å². The lowest BCUT2D eigenvalue weighted by molar-refractivity contribution is -0.384. The molecule has 0 amide bonds. The smallest absolute Gasteiger partial charge is 0.269 e. The van der Waals surface area contributed by atoms with Crippen molar-refractivity contribution < 1.29 is 18.6 Å². The molecule has 0 aliphatic heterocycles. The Morgan fingerprint density at radius 1 is 1.03 bits per heavy atom. The minimum atomic E-state index is -0.446. The van der Waals surface area contributed by atoms with E-state index < -0.39 is 4.92 Å². The molecule has 0 aliphatic rings. The van der Waals surface area contributed by atoms with Gasteiger partial charge in [0.05, 0.1) is 22.8 Å². The molecule has 0 spiro atoms. The number of rotatable bonds is 8. The minimum absolute atomic E-state index is 0.00997. The molecule has 0 radical (unpaired) electrons. The molecule has 5 aromatic rings. The van der Waals surface area contributed by atoms with Gasteiger partial charge in [-0.1, -0.05) is 47.6 Å². The zero-order valence-electron chi connectivity index (χ0n) is 19.3. The molecule has 0 atom stereocenters. The van der Waals surface area contributed by atoms with Gasteiger partial charge in [0.15, 0.2) is 0 Å². The normalized spacial score (nSPS) is 11.1. The molecule has 0 fully saturated rings. The summed E-state index contributed by atoms with van der Waals surface area (Å²) in [6.45, 7) is 2.14. The molecule has 2 heterocycles. The molecule has 3 aromatic carbocycles. The van der Waals surface area contributed by atoms with Crippen LogP contribution in [-0.2, 0) is 18.0 Å². The molecule has 180 valence electrons. The predicted molar refractivity (Wildman–Crippen MR) is 131 cm³/mol. The van der Waals surface area contributed by atoms with Crippen molar-refractivity contribution in [1.82, 2.24) is 14.7 Å². The molecule has 0 saturated heterocycles. The molecule has 36 heavy (non-hydrogen) atoms. The topological polar surface area (TPSA) is 96.2 Å². The number of hydrogen-bond donors (Lipinski definition) is 0. The van der Waals surface area contributed by atoms with Gasteiger partial charge in [0.25, 0.3) is 5.69 Å². The lowest BCUT2D eigenvalue weighted by Crippen LogP contribution is -2.03. The Balaban J connectivity index is 1.52. The van der Waals surface area contributed by atoms with Crippen molar-refractivity contribution in [3.63, 3.8) is 0 Å². The number of nitrogens with zero attached hydrogens (tertiary/aromatic N) is 4. The Bertz CT molecular complexity index is 1510. The third kappa shape index (κ3) is 4.77. The summed E-state index contributed by atoms with van der Waals surface area (Å²) < 4.78 is 26.7. The van der Waals surface area contributed by atoms with Crippen LogP contribution in [0.1, 0.15) is 17.1 Å². The second-order valence-corrected chi connectivity index (χ2v) is 8.14. The van der Waals surface area contributed by atoms with Crippen molar-refractivity contribution in [3.05, 3.63) is 118 Å². The average Bonchev–Trinajstić information content (AvgIpc) is 3.48. The molecule has 9 heteroatoms.